The Morgan fingerprint density at radius 2 is 2.14 bits per heavy atom. The number of thiocarbonyl (C=S) groups is 1. The molecule has 0 amide bonds. The lowest BCUT2D eigenvalue weighted by Crippen LogP contribution is -2.40. The molecule has 22 heavy (non-hydrogen) atoms. The molecular weight excluding hydrogens is 302 g/mol. The fraction of sp³-hybridized carbons (Fsp3) is 0.467. The molecule has 1 aromatic carbocycles. The molecule has 0 aliphatic heterocycles. The van der Waals surface area contributed by atoms with Crippen LogP contribution in [0.25, 0.3) is 0 Å². The average molecular weight is 325 g/mol. The van der Waals surface area contributed by atoms with Gasteiger partial charge in [0.05, 0.1) is 26.5 Å². The molecular formula is C15H23N3O3S. The van der Waals surface area contributed by atoms with Crippen molar-refractivity contribution >= 4 is 23.5 Å². The number of hydrogen-bond acceptors (Lipinski definition) is 5. The molecule has 7 heteroatoms. The Hall–Kier alpha value is -1.86. The van der Waals surface area contributed by atoms with Crippen LogP contribution in [0.1, 0.15) is 19.4 Å². The minimum Gasteiger partial charge on any atom is -0.493 e. The normalized spacial score (nSPS) is 12.0. The van der Waals surface area contributed by atoms with E-state index in [1.54, 1.807) is 20.4 Å². The predicted molar refractivity (Wildman–Crippen MR) is 92.0 cm³/mol. The summed E-state index contributed by atoms with van der Waals surface area (Å²) in [7, 11) is 3.25. The number of hydrazone groups is 1. The highest BCUT2D eigenvalue weighted by molar-refractivity contribution is 7.80. The van der Waals surface area contributed by atoms with Crippen LogP contribution in [-0.2, 0) is 4.74 Å². The number of benzene rings is 1. The van der Waals surface area contributed by atoms with Gasteiger partial charge >= 0.3 is 0 Å². The van der Waals surface area contributed by atoms with E-state index < -0.39 is 0 Å². The number of hydrogen-bond donors (Lipinski definition) is 2. The average Bonchev–Trinajstić information content (AvgIpc) is 2.48. The first kappa shape index (κ1) is 18.2. The number of nitrogens with one attached hydrogen (secondary N) is 2. The fourth-order valence-corrected chi connectivity index (χ4v) is 2.01. The Bertz CT molecular complexity index is 509. The van der Waals surface area contributed by atoms with Crippen LogP contribution in [0.4, 0.5) is 0 Å². The number of ether oxygens (including phenoxy) is 3. The third-order valence-corrected chi connectivity index (χ3v) is 2.87. The maximum atomic E-state index is 5.52. The van der Waals surface area contributed by atoms with Gasteiger partial charge in [-0.2, -0.15) is 5.10 Å². The van der Waals surface area contributed by atoms with Crippen molar-refractivity contribution in [1.82, 2.24) is 10.7 Å². The summed E-state index contributed by atoms with van der Waals surface area (Å²) in [5.74, 6) is 1.38. The molecule has 0 unspecified atom stereocenters. The molecule has 0 fully saturated rings. The SMILES string of the molecule is CCOc1cc(/C=N\NC(=S)N[C@H](C)COC)ccc1OC. The second kappa shape index (κ2) is 9.97. The lowest BCUT2D eigenvalue weighted by molar-refractivity contribution is 0.179. The number of rotatable bonds is 8. The van der Waals surface area contributed by atoms with E-state index in [0.717, 1.165) is 5.56 Å². The molecule has 2 N–H and O–H groups in total. The molecule has 0 spiro atoms. The van der Waals surface area contributed by atoms with Gasteiger partial charge in [-0.15, -0.1) is 0 Å². The lowest BCUT2D eigenvalue weighted by Gasteiger charge is -2.13. The molecule has 0 aliphatic rings. The molecule has 0 saturated carbocycles. The number of nitrogens with zero attached hydrogens (tertiary/aromatic N) is 1. The van der Waals surface area contributed by atoms with Gasteiger partial charge in [0.2, 0.25) is 0 Å². The molecule has 122 valence electrons. The fourth-order valence-electron chi connectivity index (χ4n) is 1.76. The van der Waals surface area contributed by atoms with Crippen LogP contribution in [0.3, 0.4) is 0 Å². The molecule has 0 heterocycles. The van der Waals surface area contributed by atoms with Gasteiger partial charge in [0, 0.05) is 13.2 Å². The van der Waals surface area contributed by atoms with Crippen LogP contribution in [0.5, 0.6) is 11.5 Å². The van der Waals surface area contributed by atoms with Gasteiger partial charge < -0.3 is 19.5 Å². The van der Waals surface area contributed by atoms with Crippen LogP contribution in [0.2, 0.25) is 0 Å². The van der Waals surface area contributed by atoms with Gasteiger partial charge in [-0.25, -0.2) is 0 Å². The highest BCUT2D eigenvalue weighted by Crippen LogP contribution is 2.27. The van der Waals surface area contributed by atoms with Gasteiger partial charge in [0.25, 0.3) is 0 Å². The summed E-state index contributed by atoms with van der Waals surface area (Å²) >= 11 is 5.13. The Morgan fingerprint density at radius 1 is 1.36 bits per heavy atom. The van der Waals surface area contributed by atoms with E-state index >= 15 is 0 Å². The summed E-state index contributed by atoms with van der Waals surface area (Å²) < 4.78 is 15.8. The third kappa shape index (κ3) is 6.28. The minimum absolute atomic E-state index is 0.116. The monoisotopic (exact) mass is 325 g/mol. The predicted octanol–water partition coefficient (Wildman–Crippen LogP) is 1.93. The smallest absolute Gasteiger partial charge is 0.187 e. The summed E-state index contributed by atoms with van der Waals surface area (Å²) in [4.78, 5) is 0. The largest absolute Gasteiger partial charge is 0.493 e. The van der Waals surface area contributed by atoms with Crippen molar-refractivity contribution in [2.75, 3.05) is 27.4 Å². The van der Waals surface area contributed by atoms with E-state index in [1.165, 1.54) is 0 Å². The molecule has 0 aliphatic carbocycles. The van der Waals surface area contributed by atoms with Crippen LogP contribution in [0.15, 0.2) is 23.3 Å². The molecule has 1 rings (SSSR count). The van der Waals surface area contributed by atoms with Gasteiger partial charge in [0.15, 0.2) is 16.6 Å². The zero-order valence-corrected chi connectivity index (χ0v) is 14.2. The van der Waals surface area contributed by atoms with Gasteiger partial charge in [-0.3, -0.25) is 5.43 Å². The Kier molecular flexibility index (Phi) is 8.24. The quantitative estimate of drug-likeness (QED) is 0.433. The van der Waals surface area contributed by atoms with Crippen molar-refractivity contribution in [3.63, 3.8) is 0 Å². The lowest BCUT2D eigenvalue weighted by atomic mass is 10.2. The molecule has 1 atom stereocenters. The van der Waals surface area contributed by atoms with E-state index in [-0.39, 0.29) is 6.04 Å². The second-order valence-electron chi connectivity index (χ2n) is 4.54. The molecule has 0 bridgehead atoms. The second-order valence-corrected chi connectivity index (χ2v) is 4.95. The number of methoxy groups -OCH3 is 2. The van der Waals surface area contributed by atoms with Crippen molar-refractivity contribution in [3.05, 3.63) is 23.8 Å². The Labute approximate surface area is 136 Å². The maximum Gasteiger partial charge on any atom is 0.187 e. The van der Waals surface area contributed by atoms with E-state index in [0.29, 0.717) is 29.8 Å². The molecule has 1 aromatic rings. The zero-order valence-electron chi connectivity index (χ0n) is 13.4. The topological polar surface area (TPSA) is 64.1 Å². The van der Waals surface area contributed by atoms with Crippen molar-refractivity contribution in [2.24, 2.45) is 5.10 Å². The first-order chi connectivity index (χ1) is 10.6. The highest BCUT2D eigenvalue weighted by atomic mass is 32.1. The first-order valence-corrected chi connectivity index (χ1v) is 7.40. The summed E-state index contributed by atoms with van der Waals surface area (Å²) in [5.41, 5.74) is 3.64. The minimum atomic E-state index is 0.116. The standard InChI is InChI=1S/C15H23N3O3S/c1-5-21-14-8-12(6-7-13(14)20-4)9-16-18-15(22)17-11(2)10-19-3/h6-9,11H,5,10H2,1-4H3,(H2,17,18,22)/b16-9-/t11-/m1/s1. The Balaban J connectivity index is 2.59. The van der Waals surface area contributed by atoms with E-state index in [2.05, 4.69) is 15.8 Å². The molecule has 0 saturated heterocycles. The van der Waals surface area contributed by atoms with Gasteiger partial charge in [-0.05, 0) is 49.8 Å². The van der Waals surface area contributed by atoms with Gasteiger partial charge in [-0.1, -0.05) is 0 Å². The van der Waals surface area contributed by atoms with E-state index in [4.69, 9.17) is 26.4 Å². The molecule has 0 aromatic heterocycles. The van der Waals surface area contributed by atoms with Crippen molar-refractivity contribution < 1.29 is 14.2 Å². The first-order valence-electron chi connectivity index (χ1n) is 7.00. The summed E-state index contributed by atoms with van der Waals surface area (Å²) in [6, 6.07) is 5.70. The van der Waals surface area contributed by atoms with Crippen LogP contribution in [0, 0.1) is 0 Å². The third-order valence-electron chi connectivity index (χ3n) is 2.66. The van der Waals surface area contributed by atoms with Crippen LogP contribution >= 0.6 is 12.2 Å². The zero-order chi connectivity index (χ0) is 16.4. The maximum absolute atomic E-state index is 5.52. The van der Waals surface area contributed by atoms with Crippen LogP contribution in [-0.4, -0.2) is 44.8 Å². The van der Waals surface area contributed by atoms with E-state index in [9.17, 15) is 0 Å². The Morgan fingerprint density at radius 3 is 2.77 bits per heavy atom. The van der Waals surface area contributed by atoms with Crippen molar-refractivity contribution in [2.45, 2.75) is 19.9 Å². The van der Waals surface area contributed by atoms with Crippen LogP contribution < -0.4 is 20.2 Å². The summed E-state index contributed by atoms with van der Waals surface area (Å²) in [6.45, 7) is 5.04. The van der Waals surface area contributed by atoms with Gasteiger partial charge in [0.1, 0.15) is 0 Å². The highest BCUT2D eigenvalue weighted by Gasteiger charge is 2.04. The molecule has 6 nitrogen and oxygen atoms in total. The summed E-state index contributed by atoms with van der Waals surface area (Å²) in [5, 5.41) is 7.59. The van der Waals surface area contributed by atoms with Crippen molar-refractivity contribution in [1.29, 1.82) is 0 Å². The van der Waals surface area contributed by atoms with Crippen molar-refractivity contribution in [3.8, 4) is 11.5 Å². The summed E-state index contributed by atoms with van der Waals surface area (Å²) in [6.07, 6.45) is 1.66. The molecule has 0 radical (unpaired) electrons. The van der Waals surface area contributed by atoms with E-state index in [1.807, 2.05) is 32.0 Å².